The molecule has 1 atom stereocenters. The quantitative estimate of drug-likeness (QED) is 0.364. The SMILES string of the molecule is Nc1ncnc2ccc(C3=CCC(CNc4ncccc4C(=O)Nc4ccc(F)cc4)S3)cc12. The maximum atomic E-state index is 13.1. The van der Waals surface area contributed by atoms with Crippen LogP contribution in [0.1, 0.15) is 22.3 Å². The van der Waals surface area contributed by atoms with Gasteiger partial charge in [-0.2, -0.15) is 0 Å². The first-order valence-electron chi connectivity index (χ1n) is 10.7. The molecule has 7 nitrogen and oxygen atoms in total. The summed E-state index contributed by atoms with van der Waals surface area (Å²) >= 11 is 1.77. The first kappa shape index (κ1) is 21.8. The van der Waals surface area contributed by atoms with Gasteiger partial charge in [-0.25, -0.2) is 19.3 Å². The summed E-state index contributed by atoms with van der Waals surface area (Å²) in [6, 6.07) is 15.1. The number of nitrogens with one attached hydrogen (secondary N) is 2. The summed E-state index contributed by atoms with van der Waals surface area (Å²) in [7, 11) is 0. The normalized spacial score (nSPS) is 15.2. The second-order valence-electron chi connectivity index (χ2n) is 7.78. The lowest BCUT2D eigenvalue weighted by Gasteiger charge is -2.15. The van der Waals surface area contributed by atoms with Crippen molar-refractivity contribution in [3.05, 3.63) is 90.1 Å². The lowest BCUT2D eigenvalue weighted by atomic mass is 10.1. The molecule has 9 heteroatoms. The Kier molecular flexibility index (Phi) is 6.09. The van der Waals surface area contributed by atoms with Gasteiger partial charge in [-0.1, -0.05) is 12.1 Å². The summed E-state index contributed by atoms with van der Waals surface area (Å²) in [4.78, 5) is 26.6. The molecule has 2 aromatic heterocycles. The molecule has 0 saturated carbocycles. The summed E-state index contributed by atoms with van der Waals surface area (Å²) in [5, 5.41) is 7.22. The highest BCUT2D eigenvalue weighted by Crippen LogP contribution is 2.40. The Labute approximate surface area is 199 Å². The minimum Gasteiger partial charge on any atom is -0.383 e. The van der Waals surface area contributed by atoms with Crippen LogP contribution in [0.3, 0.4) is 0 Å². The maximum Gasteiger partial charge on any atom is 0.259 e. The van der Waals surface area contributed by atoms with Crippen molar-refractivity contribution in [3.63, 3.8) is 0 Å². The van der Waals surface area contributed by atoms with Crippen molar-refractivity contribution in [2.45, 2.75) is 11.7 Å². The number of pyridine rings is 1. The topological polar surface area (TPSA) is 106 Å². The van der Waals surface area contributed by atoms with Crippen molar-refractivity contribution in [2.24, 2.45) is 0 Å². The van der Waals surface area contributed by atoms with Crippen molar-refractivity contribution in [1.82, 2.24) is 15.0 Å². The fourth-order valence-corrected chi connectivity index (χ4v) is 4.90. The van der Waals surface area contributed by atoms with Gasteiger partial charge in [-0.15, -0.1) is 11.8 Å². The van der Waals surface area contributed by atoms with Crippen LogP contribution in [-0.4, -0.2) is 32.7 Å². The lowest BCUT2D eigenvalue weighted by molar-refractivity contribution is 0.102. The summed E-state index contributed by atoms with van der Waals surface area (Å²) in [6.45, 7) is 0.636. The van der Waals surface area contributed by atoms with Gasteiger partial charge in [0, 0.05) is 34.0 Å². The molecule has 0 radical (unpaired) electrons. The lowest BCUT2D eigenvalue weighted by Crippen LogP contribution is -2.19. The Morgan fingerprint density at radius 1 is 1.12 bits per heavy atom. The summed E-state index contributed by atoms with van der Waals surface area (Å²) < 4.78 is 13.1. The van der Waals surface area contributed by atoms with Crippen LogP contribution in [0.4, 0.5) is 21.7 Å². The van der Waals surface area contributed by atoms with Gasteiger partial charge in [0.1, 0.15) is 23.8 Å². The van der Waals surface area contributed by atoms with E-state index in [-0.39, 0.29) is 17.0 Å². The molecule has 0 spiro atoms. The zero-order valence-corrected chi connectivity index (χ0v) is 18.8. The number of nitrogen functional groups attached to an aromatic ring is 1. The number of thioether (sulfide) groups is 1. The van der Waals surface area contributed by atoms with Gasteiger partial charge in [-0.3, -0.25) is 4.79 Å². The third-order valence-electron chi connectivity index (χ3n) is 5.46. The smallest absolute Gasteiger partial charge is 0.259 e. The fourth-order valence-electron chi connectivity index (χ4n) is 3.73. The Balaban J connectivity index is 1.23. The Bertz CT molecular complexity index is 1390. The Hall–Kier alpha value is -3.98. The highest BCUT2D eigenvalue weighted by atomic mass is 32.2. The van der Waals surface area contributed by atoms with E-state index in [0.29, 0.717) is 29.4 Å². The molecule has 1 aliphatic heterocycles. The number of carbonyl (C=O) groups is 1. The predicted octanol–water partition coefficient (Wildman–Crippen LogP) is 4.96. The number of hydrogen-bond acceptors (Lipinski definition) is 7. The van der Waals surface area contributed by atoms with Crippen LogP contribution in [0.15, 0.2) is 73.2 Å². The maximum absolute atomic E-state index is 13.1. The first-order valence-corrected chi connectivity index (χ1v) is 11.6. The molecule has 1 amide bonds. The van der Waals surface area contributed by atoms with Crippen LogP contribution < -0.4 is 16.4 Å². The first-order chi connectivity index (χ1) is 16.6. The second-order valence-corrected chi connectivity index (χ2v) is 9.12. The van der Waals surface area contributed by atoms with Gasteiger partial charge in [0.05, 0.1) is 11.1 Å². The Morgan fingerprint density at radius 3 is 2.82 bits per heavy atom. The van der Waals surface area contributed by atoms with Crippen molar-refractivity contribution < 1.29 is 9.18 Å². The second kappa shape index (κ2) is 9.48. The van der Waals surface area contributed by atoms with Crippen molar-refractivity contribution in [3.8, 4) is 0 Å². The van der Waals surface area contributed by atoms with E-state index in [9.17, 15) is 9.18 Å². The number of halogens is 1. The number of anilines is 3. The molecule has 0 fully saturated rings. The largest absolute Gasteiger partial charge is 0.383 e. The number of aromatic nitrogens is 3. The molecule has 0 aliphatic carbocycles. The van der Waals surface area contributed by atoms with Crippen LogP contribution in [0, 0.1) is 5.82 Å². The van der Waals surface area contributed by atoms with E-state index in [1.165, 1.54) is 35.5 Å². The Morgan fingerprint density at radius 2 is 1.97 bits per heavy atom. The molecule has 1 aliphatic rings. The molecule has 4 N–H and O–H groups in total. The summed E-state index contributed by atoms with van der Waals surface area (Å²) in [6.07, 6.45) is 6.20. The summed E-state index contributed by atoms with van der Waals surface area (Å²) in [5.41, 5.74) is 8.86. The number of nitrogens with two attached hydrogens (primary N) is 1. The van der Waals surface area contributed by atoms with Crippen LogP contribution in [0.2, 0.25) is 0 Å². The van der Waals surface area contributed by atoms with Crippen LogP contribution in [-0.2, 0) is 0 Å². The molecule has 0 bridgehead atoms. The van der Waals surface area contributed by atoms with Crippen molar-refractivity contribution in [2.75, 3.05) is 22.9 Å². The number of benzene rings is 2. The van der Waals surface area contributed by atoms with E-state index in [0.717, 1.165) is 22.9 Å². The third-order valence-corrected chi connectivity index (χ3v) is 6.81. The molecule has 5 rings (SSSR count). The average Bonchev–Trinajstić information content (AvgIpc) is 3.33. The third kappa shape index (κ3) is 4.69. The van der Waals surface area contributed by atoms with Crippen LogP contribution in [0.5, 0.6) is 0 Å². The minimum absolute atomic E-state index is 0.282. The van der Waals surface area contributed by atoms with E-state index < -0.39 is 0 Å². The fraction of sp³-hybridized carbons (Fsp3) is 0.120. The van der Waals surface area contributed by atoms with Crippen LogP contribution >= 0.6 is 11.8 Å². The van der Waals surface area contributed by atoms with Gasteiger partial charge in [0.2, 0.25) is 0 Å². The number of amides is 1. The van der Waals surface area contributed by atoms with E-state index in [1.807, 2.05) is 18.2 Å². The monoisotopic (exact) mass is 472 g/mol. The number of carbonyl (C=O) groups excluding carboxylic acids is 1. The van der Waals surface area contributed by atoms with Gasteiger partial charge >= 0.3 is 0 Å². The standard InChI is InChI=1S/C25H21FN6OS/c26-16-4-6-17(7-5-16)32-25(33)19-2-1-11-28-24(19)29-13-18-8-10-22(34-18)15-3-9-21-20(12-15)23(27)31-14-30-21/h1-7,9-12,14,18H,8,13H2,(H,28,29)(H,32,33)(H2,27,30,31). The number of hydrogen-bond donors (Lipinski definition) is 3. The minimum atomic E-state index is -0.357. The molecule has 2 aromatic carbocycles. The predicted molar refractivity (Wildman–Crippen MR) is 135 cm³/mol. The van der Waals surface area contributed by atoms with Crippen molar-refractivity contribution >= 4 is 50.8 Å². The highest BCUT2D eigenvalue weighted by molar-refractivity contribution is 8.09. The van der Waals surface area contributed by atoms with Crippen LogP contribution in [0.25, 0.3) is 15.8 Å². The van der Waals surface area contributed by atoms with Gasteiger partial charge in [0.15, 0.2) is 0 Å². The van der Waals surface area contributed by atoms with E-state index in [1.54, 1.807) is 30.1 Å². The average molecular weight is 473 g/mol. The van der Waals surface area contributed by atoms with Gasteiger partial charge in [0.25, 0.3) is 5.91 Å². The molecular weight excluding hydrogens is 451 g/mol. The highest BCUT2D eigenvalue weighted by Gasteiger charge is 2.21. The molecule has 1 unspecified atom stereocenters. The number of rotatable bonds is 6. The van der Waals surface area contributed by atoms with Gasteiger partial charge < -0.3 is 16.4 Å². The van der Waals surface area contributed by atoms with E-state index in [2.05, 4.69) is 31.7 Å². The van der Waals surface area contributed by atoms with Gasteiger partial charge in [-0.05, 0) is 60.5 Å². The molecule has 3 heterocycles. The zero-order chi connectivity index (χ0) is 23.5. The molecule has 0 saturated heterocycles. The van der Waals surface area contributed by atoms with Crippen molar-refractivity contribution in [1.29, 1.82) is 0 Å². The molecule has 4 aromatic rings. The van der Waals surface area contributed by atoms with E-state index in [4.69, 9.17) is 5.73 Å². The number of nitrogens with zero attached hydrogens (tertiary/aromatic N) is 3. The zero-order valence-electron chi connectivity index (χ0n) is 18.0. The number of allylic oxidation sites excluding steroid dienone is 1. The summed E-state index contributed by atoms with van der Waals surface area (Å²) in [5.74, 6) is 0.308. The molecule has 34 heavy (non-hydrogen) atoms. The number of fused-ring (bicyclic) bond motifs is 1. The molecule has 170 valence electrons. The van der Waals surface area contributed by atoms with E-state index >= 15 is 0 Å². The molecular formula is C25H21FN6OS.